The second-order valence-electron chi connectivity index (χ2n) is 10.4. The van der Waals surface area contributed by atoms with Crippen molar-refractivity contribution < 1.29 is 19.0 Å². The number of benzene rings is 4. The number of carboxylic acids is 1. The normalized spacial score (nSPS) is 11.6. The van der Waals surface area contributed by atoms with Crippen molar-refractivity contribution in [2.45, 2.75) is 39.7 Å². The fraction of sp³-hybridized carbons (Fsp3) is 0.188. The number of hydrogen-bond donors (Lipinski definition) is 1. The van der Waals surface area contributed by atoms with Gasteiger partial charge >= 0.3 is 5.97 Å². The van der Waals surface area contributed by atoms with Gasteiger partial charge in [0.2, 0.25) is 0 Å². The molecule has 5 rings (SSSR count). The van der Waals surface area contributed by atoms with Crippen LogP contribution < -0.4 is 4.74 Å². The zero-order valence-electron chi connectivity index (χ0n) is 22.0. The van der Waals surface area contributed by atoms with Gasteiger partial charge in [0, 0.05) is 27.3 Å². The largest absolute Gasteiger partial charge is 0.487 e. The number of aromatic nitrogens is 1. The zero-order valence-corrected chi connectivity index (χ0v) is 23.6. The van der Waals surface area contributed by atoms with Crippen molar-refractivity contribution in [3.8, 4) is 38.6 Å². The molecular formula is C32H27ClFNO3S. The second-order valence-corrected chi connectivity index (χ2v) is 11.8. The molecule has 0 spiro atoms. The zero-order chi connectivity index (χ0) is 27.9. The van der Waals surface area contributed by atoms with Crippen molar-refractivity contribution >= 4 is 39.1 Å². The van der Waals surface area contributed by atoms with E-state index >= 15 is 4.39 Å². The molecule has 198 valence electrons. The third-order valence-corrected chi connectivity index (χ3v) is 7.64. The number of aliphatic carboxylic acids is 1. The highest BCUT2D eigenvalue weighted by Gasteiger charge is 2.25. The Kier molecular flexibility index (Phi) is 7.19. The topological polar surface area (TPSA) is 59.4 Å². The first kappa shape index (κ1) is 26.9. The molecule has 0 saturated carbocycles. The molecule has 4 nitrogen and oxygen atoms in total. The molecule has 0 radical (unpaired) electrons. The lowest BCUT2D eigenvalue weighted by atomic mass is 9.92. The second kappa shape index (κ2) is 10.4. The number of ether oxygens (including phenoxy) is 1. The van der Waals surface area contributed by atoms with E-state index in [-0.39, 0.29) is 12.2 Å². The number of hydrogen-bond acceptors (Lipinski definition) is 4. The van der Waals surface area contributed by atoms with Crippen LogP contribution in [0, 0.1) is 12.7 Å². The Hall–Kier alpha value is -3.74. The summed E-state index contributed by atoms with van der Waals surface area (Å²) in [7, 11) is 0. The quantitative estimate of drug-likeness (QED) is 0.225. The van der Waals surface area contributed by atoms with E-state index in [9.17, 15) is 9.90 Å². The van der Waals surface area contributed by atoms with Crippen molar-refractivity contribution in [2.24, 2.45) is 0 Å². The molecule has 7 heteroatoms. The maximum atomic E-state index is 15.9. The molecule has 1 aromatic heterocycles. The summed E-state index contributed by atoms with van der Waals surface area (Å²) in [4.78, 5) is 16.8. The van der Waals surface area contributed by atoms with Crippen LogP contribution in [0.3, 0.4) is 0 Å². The number of thiazole rings is 1. The van der Waals surface area contributed by atoms with E-state index in [0.29, 0.717) is 49.1 Å². The lowest BCUT2D eigenvalue weighted by molar-refractivity contribution is -0.136. The van der Waals surface area contributed by atoms with E-state index in [1.165, 1.54) is 11.3 Å². The molecule has 0 bridgehead atoms. The molecule has 0 saturated heterocycles. The summed E-state index contributed by atoms with van der Waals surface area (Å²) >= 11 is 7.69. The van der Waals surface area contributed by atoms with E-state index in [1.807, 2.05) is 76.2 Å². The summed E-state index contributed by atoms with van der Waals surface area (Å²) in [5, 5.41) is 10.8. The van der Waals surface area contributed by atoms with Gasteiger partial charge in [-0.1, -0.05) is 54.1 Å². The van der Waals surface area contributed by atoms with Gasteiger partial charge in [0.1, 0.15) is 22.2 Å². The van der Waals surface area contributed by atoms with Gasteiger partial charge in [-0.2, -0.15) is 0 Å². The Morgan fingerprint density at radius 1 is 1.00 bits per heavy atom. The van der Waals surface area contributed by atoms with Crippen LogP contribution in [0.5, 0.6) is 5.75 Å². The maximum absolute atomic E-state index is 15.9. The van der Waals surface area contributed by atoms with Crippen molar-refractivity contribution in [1.29, 1.82) is 0 Å². The highest BCUT2D eigenvalue weighted by Crippen LogP contribution is 2.45. The van der Waals surface area contributed by atoms with E-state index < -0.39 is 11.6 Å². The highest BCUT2D eigenvalue weighted by atomic mass is 35.5. The van der Waals surface area contributed by atoms with Gasteiger partial charge in [0.15, 0.2) is 0 Å². The summed E-state index contributed by atoms with van der Waals surface area (Å²) in [5.74, 6) is -0.756. The average Bonchev–Trinajstić information content (AvgIpc) is 3.28. The number of fused-ring (bicyclic) bond motifs is 1. The fourth-order valence-electron chi connectivity index (χ4n) is 4.67. The van der Waals surface area contributed by atoms with Crippen molar-refractivity contribution in [2.75, 3.05) is 0 Å². The standard InChI is InChI=1S/C32H27ClFNO3S/c1-18-15-25-30(39-31(35-25)23-12-8-11-21(29(23)34)19-9-6-5-7-10-19)28(24(18)17-27(36)37)22-14-13-20(33)16-26(22)38-32(2,3)4/h5-16H,17H2,1-4H3,(H,36,37). The minimum absolute atomic E-state index is 0.181. The van der Waals surface area contributed by atoms with E-state index in [2.05, 4.69) is 0 Å². The lowest BCUT2D eigenvalue weighted by Gasteiger charge is -2.24. The molecule has 1 heterocycles. The smallest absolute Gasteiger partial charge is 0.307 e. The maximum Gasteiger partial charge on any atom is 0.307 e. The van der Waals surface area contributed by atoms with Crippen molar-refractivity contribution in [3.05, 3.63) is 94.8 Å². The third-order valence-electron chi connectivity index (χ3n) is 6.28. The van der Waals surface area contributed by atoms with Gasteiger partial charge in [-0.15, -0.1) is 11.3 Å². The van der Waals surface area contributed by atoms with Crippen LogP contribution >= 0.6 is 22.9 Å². The highest BCUT2D eigenvalue weighted by molar-refractivity contribution is 7.22. The first-order valence-corrected chi connectivity index (χ1v) is 13.7. The number of halogens is 2. The predicted octanol–water partition coefficient (Wildman–Crippen LogP) is 9.20. The van der Waals surface area contributed by atoms with E-state index in [1.54, 1.807) is 24.3 Å². The molecule has 39 heavy (non-hydrogen) atoms. The Morgan fingerprint density at radius 2 is 1.72 bits per heavy atom. The summed E-state index contributed by atoms with van der Waals surface area (Å²) in [6, 6.07) is 21.9. The molecule has 0 atom stereocenters. The molecule has 1 N–H and O–H groups in total. The summed E-state index contributed by atoms with van der Waals surface area (Å²) in [6.45, 7) is 7.69. The molecular weight excluding hydrogens is 533 g/mol. The molecule has 0 unspecified atom stereocenters. The Morgan fingerprint density at radius 3 is 2.41 bits per heavy atom. The first-order chi connectivity index (χ1) is 18.5. The van der Waals surface area contributed by atoms with E-state index in [0.717, 1.165) is 15.8 Å². The molecule has 0 fully saturated rings. The molecule has 0 amide bonds. The minimum atomic E-state index is -0.947. The van der Waals surface area contributed by atoms with Crippen LogP contribution in [0.4, 0.5) is 4.39 Å². The van der Waals surface area contributed by atoms with Crippen LogP contribution in [0.2, 0.25) is 5.02 Å². The van der Waals surface area contributed by atoms with Crippen molar-refractivity contribution in [1.82, 2.24) is 4.98 Å². The lowest BCUT2D eigenvalue weighted by Crippen LogP contribution is -2.23. The van der Waals surface area contributed by atoms with Gasteiger partial charge < -0.3 is 9.84 Å². The van der Waals surface area contributed by atoms with Crippen LogP contribution in [0.25, 0.3) is 43.0 Å². The third kappa shape index (κ3) is 5.54. The van der Waals surface area contributed by atoms with Crippen LogP contribution in [0.15, 0.2) is 72.8 Å². The Bertz CT molecular complexity index is 1710. The number of aryl methyl sites for hydroxylation is 1. The number of nitrogens with zero attached hydrogens (tertiary/aromatic N) is 1. The molecule has 0 aliphatic heterocycles. The summed E-state index contributed by atoms with van der Waals surface area (Å²) in [6.07, 6.45) is -0.181. The summed E-state index contributed by atoms with van der Waals surface area (Å²) in [5.41, 5.74) is 4.68. The molecule has 0 aliphatic carbocycles. The van der Waals surface area contributed by atoms with Crippen LogP contribution in [-0.2, 0) is 11.2 Å². The molecule has 5 aromatic rings. The first-order valence-electron chi connectivity index (χ1n) is 12.5. The van der Waals surface area contributed by atoms with Gasteiger partial charge in [-0.3, -0.25) is 4.79 Å². The summed E-state index contributed by atoms with van der Waals surface area (Å²) < 4.78 is 22.9. The number of rotatable bonds is 6. The Balaban J connectivity index is 1.77. The van der Waals surface area contributed by atoms with E-state index in [4.69, 9.17) is 21.3 Å². The SMILES string of the molecule is Cc1cc2nc(-c3cccc(-c4ccccc4)c3F)sc2c(-c2ccc(Cl)cc2OC(C)(C)C)c1CC(=O)O. The van der Waals surface area contributed by atoms with Crippen LogP contribution in [-0.4, -0.2) is 21.7 Å². The monoisotopic (exact) mass is 559 g/mol. The number of carbonyl (C=O) groups is 1. The van der Waals surface area contributed by atoms with Gasteiger partial charge in [0.25, 0.3) is 0 Å². The Labute approximate surface area is 235 Å². The van der Waals surface area contributed by atoms with Crippen LogP contribution in [0.1, 0.15) is 31.9 Å². The van der Waals surface area contributed by atoms with Gasteiger partial charge in [-0.25, -0.2) is 9.37 Å². The number of carboxylic acid groups (broad SMARTS) is 1. The fourth-order valence-corrected chi connectivity index (χ4v) is 5.98. The van der Waals surface area contributed by atoms with Gasteiger partial charge in [0.05, 0.1) is 16.6 Å². The predicted molar refractivity (Wildman–Crippen MR) is 157 cm³/mol. The average molecular weight is 560 g/mol. The minimum Gasteiger partial charge on any atom is -0.487 e. The molecule has 0 aliphatic rings. The molecule has 4 aromatic carbocycles. The van der Waals surface area contributed by atoms with Gasteiger partial charge in [-0.05, 0) is 74.7 Å². The van der Waals surface area contributed by atoms with Crippen molar-refractivity contribution in [3.63, 3.8) is 0 Å².